The number of hydrogen-bond acceptors (Lipinski definition) is 7. The summed E-state index contributed by atoms with van der Waals surface area (Å²) in [7, 11) is 1.26. The van der Waals surface area contributed by atoms with Crippen molar-refractivity contribution < 1.29 is 28.7 Å². The van der Waals surface area contributed by atoms with Gasteiger partial charge >= 0.3 is 11.9 Å². The molecule has 0 spiro atoms. The number of Topliss-reactive ketones (excluding diaryl/α,β-unsaturated/α-hetero) is 1. The summed E-state index contributed by atoms with van der Waals surface area (Å²) < 4.78 is 10.1. The van der Waals surface area contributed by atoms with Crippen molar-refractivity contribution in [3.05, 3.63) is 46.3 Å². The molecule has 8 nitrogen and oxygen atoms in total. The van der Waals surface area contributed by atoms with Gasteiger partial charge in [0.1, 0.15) is 0 Å². The average molecular weight is 416 g/mol. The maximum absolute atomic E-state index is 12.8. The molecular formula is C20H20N2O6S. The normalized spacial score (nSPS) is 13.9. The van der Waals surface area contributed by atoms with E-state index in [0.717, 1.165) is 4.90 Å². The Balaban J connectivity index is 1.77. The number of esters is 2. The summed E-state index contributed by atoms with van der Waals surface area (Å²) in [5.74, 6) is -1.52. The molecule has 0 fully saturated rings. The fourth-order valence-corrected chi connectivity index (χ4v) is 3.89. The van der Waals surface area contributed by atoms with E-state index in [9.17, 15) is 19.2 Å². The highest BCUT2D eigenvalue weighted by molar-refractivity contribution is 8.00. The largest absolute Gasteiger partial charge is 0.465 e. The minimum atomic E-state index is -1.08. The van der Waals surface area contributed by atoms with E-state index in [4.69, 9.17) is 9.47 Å². The maximum Gasteiger partial charge on any atom is 0.339 e. The molecule has 1 aromatic heterocycles. The molecule has 1 atom stereocenters. The summed E-state index contributed by atoms with van der Waals surface area (Å²) in [5, 5.41) is 2.71. The second-order valence-corrected chi connectivity index (χ2v) is 7.59. The smallest absolute Gasteiger partial charge is 0.339 e. The molecule has 2 N–H and O–H groups in total. The van der Waals surface area contributed by atoms with E-state index in [1.807, 2.05) is 0 Å². The monoisotopic (exact) mass is 416 g/mol. The molecule has 0 saturated heterocycles. The van der Waals surface area contributed by atoms with Crippen LogP contribution in [0.2, 0.25) is 0 Å². The summed E-state index contributed by atoms with van der Waals surface area (Å²) in [4.78, 5) is 52.4. The quantitative estimate of drug-likeness (QED) is 0.569. The fraction of sp³-hybridized carbons (Fsp3) is 0.300. The number of aromatic amines is 1. The Hall–Kier alpha value is -3.07. The Kier molecular flexibility index (Phi) is 5.78. The topological polar surface area (TPSA) is 115 Å². The number of benzene rings is 1. The molecule has 1 amide bonds. The van der Waals surface area contributed by atoms with Crippen LogP contribution in [-0.2, 0) is 14.3 Å². The number of fused-ring (bicyclic) bond motifs is 1. The lowest BCUT2D eigenvalue weighted by Crippen LogP contribution is -2.25. The molecule has 0 bridgehead atoms. The van der Waals surface area contributed by atoms with Gasteiger partial charge in [0.05, 0.1) is 35.4 Å². The van der Waals surface area contributed by atoms with E-state index < -0.39 is 23.8 Å². The average Bonchev–Trinajstić information content (AvgIpc) is 3.00. The number of aryl methyl sites for hydroxylation is 1. The third kappa shape index (κ3) is 4.04. The molecule has 0 aliphatic carbocycles. The fourth-order valence-electron chi connectivity index (χ4n) is 3.10. The number of rotatable bonds is 5. The van der Waals surface area contributed by atoms with E-state index in [0.29, 0.717) is 22.7 Å². The van der Waals surface area contributed by atoms with Crippen molar-refractivity contribution in [2.45, 2.75) is 31.8 Å². The van der Waals surface area contributed by atoms with Crippen LogP contribution in [0.15, 0.2) is 23.1 Å². The first kappa shape index (κ1) is 20.7. The van der Waals surface area contributed by atoms with E-state index in [-0.39, 0.29) is 22.7 Å². The van der Waals surface area contributed by atoms with Crippen molar-refractivity contribution in [1.29, 1.82) is 0 Å². The standard InChI is InChI=1S/C20H20N2O6S/c1-9-16(20(26)27-4)10(2)21-17(9)18(24)11(3)28-19(25)12-5-6-14-13(7-12)22-15(23)8-29-14/h5-7,11,21H,8H2,1-4H3,(H,22,23). The van der Waals surface area contributed by atoms with Crippen LogP contribution in [0.4, 0.5) is 5.69 Å². The summed E-state index contributed by atoms with van der Waals surface area (Å²) >= 11 is 1.38. The minimum absolute atomic E-state index is 0.143. The number of carbonyl (C=O) groups excluding carboxylic acids is 4. The number of ketones is 1. The summed E-state index contributed by atoms with van der Waals surface area (Å²) in [6.45, 7) is 4.75. The van der Waals surface area contributed by atoms with Gasteiger partial charge < -0.3 is 19.8 Å². The molecule has 1 aromatic carbocycles. The van der Waals surface area contributed by atoms with Gasteiger partial charge in [-0.15, -0.1) is 11.8 Å². The molecule has 2 aromatic rings. The van der Waals surface area contributed by atoms with Crippen molar-refractivity contribution in [3.63, 3.8) is 0 Å². The lowest BCUT2D eigenvalue weighted by molar-refractivity contribution is -0.113. The number of anilines is 1. The van der Waals surface area contributed by atoms with Crippen molar-refractivity contribution in [3.8, 4) is 0 Å². The van der Waals surface area contributed by atoms with Crippen LogP contribution in [0.3, 0.4) is 0 Å². The third-order valence-electron chi connectivity index (χ3n) is 4.57. The van der Waals surface area contributed by atoms with Gasteiger partial charge in [0.25, 0.3) is 0 Å². The summed E-state index contributed by atoms with van der Waals surface area (Å²) in [6.07, 6.45) is -1.08. The highest BCUT2D eigenvalue weighted by Crippen LogP contribution is 2.32. The summed E-state index contributed by atoms with van der Waals surface area (Å²) in [6, 6.07) is 4.84. The van der Waals surface area contributed by atoms with E-state index >= 15 is 0 Å². The van der Waals surface area contributed by atoms with E-state index in [2.05, 4.69) is 10.3 Å². The Bertz CT molecular complexity index is 1030. The van der Waals surface area contributed by atoms with Crippen LogP contribution in [-0.4, -0.2) is 47.6 Å². The van der Waals surface area contributed by atoms with Crippen molar-refractivity contribution in [2.24, 2.45) is 0 Å². The molecule has 1 unspecified atom stereocenters. The molecule has 9 heteroatoms. The number of hydrogen-bond donors (Lipinski definition) is 2. The number of H-pyrrole nitrogens is 1. The van der Waals surface area contributed by atoms with Gasteiger partial charge in [-0.25, -0.2) is 9.59 Å². The molecule has 2 heterocycles. The van der Waals surface area contributed by atoms with Crippen LogP contribution in [0.1, 0.15) is 49.4 Å². The number of thioether (sulfide) groups is 1. The second-order valence-electron chi connectivity index (χ2n) is 6.58. The van der Waals surface area contributed by atoms with Gasteiger partial charge in [-0.1, -0.05) is 0 Å². The number of carbonyl (C=O) groups is 4. The van der Waals surface area contributed by atoms with Crippen molar-refractivity contribution in [1.82, 2.24) is 4.98 Å². The van der Waals surface area contributed by atoms with Gasteiger partial charge in [0.2, 0.25) is 11.7 Å². The van der Waals surface area contributed by atoms with Crippen LogP contribution in [0.5, 0.6) is 0 Å². The number of methoxy groups -OCH3 is 1. The van der Waals surface area contributed by atoms with Crippen LogP contribution in [0, 0.1) is 13.8 Å². The van der Waals surface area contributed by atoms with Gasteiger partial charge in [-0.2, -0.15) is 0 Å². The van der Waals surface area contributed by atoms with Gasteiger partial charge in [0.15, 0.2) is 6.10 Å². The number of ether oxygens (including phenoxy) is 2. The Morgan fingerprint density at radius 2 is 1.90 bits per heavy atom. The first-order valence-electron chi connectivity index (χ1n) is 8.82. The zero-order chi connectivity index (χ0) is 21.3. The molecule has 29 heavy (non-hydrogen) atoms. The van der Waals surface area contributed by atoms with Crippen LogP contribution in [0.25, 0.3) is 0 Å². The van der Waals surface area contributed by atoms with E-state index in [1.54, 1.807) is 26.0 Å². The zero-order valence-corrected chi connectivity index (χ0v) is 17.2. The van der Waals surface area contributed by atoms with Gasteiger partial charge in [-0.3, -0.25) is 9.59 Å². The third-order valence-corrected chi connectivity index (χ3v) is 5.65. The lowest BCUT2D eigenvalue weighted by Gasteiger charge is -2.17. The first-order chi connectivity index (χ1) is 13.7. The Morgan fingerprint density at radius 3 is 2.59 bits per heavy atom. The van der Waals surface area contributed by atoms with Gasteiger partial charge in [-0.05, 0) is 44.5 Å². The minimum Gasteiger partial charge on any atom is -0.465 e. The Labute approximate surface area is 171 Å². The van der Waals surface area contributed by atoms with Crippen LogP contribution >= 0.6 is 11.8 Å². The molecule has 3 rings (SSSR count). The maximum atomic E-state index is 12.8. The molecule has 0 radical (unpaired) electrons. The second kappa shape index (κ2) is 8.12. The number of amides is 1. The summed E-state index contributed by atoms with van der Waals surface area (Å²) in [5.41, 5.74) is 2.18. The van der Waals surface area contributed by atoms with Crippen molar-refractivity contribution in [2.75, 3.05) is 18.2 Å². The van der Waals surface area contributed by atoms with Crippen LogP contribution < -0.4 is 5.32 Å². The lowest BCUT2D eigenvalue weighted by atomic mass is 10.1. The predicted octanol–water partition coefficient (Wildman–Crippen LogP) is 2.89. The molecule has 152 valence electrons. The highest BCUT2D eigenvalue weighted by Gasteiger charge is 2.28. The Morgan fingerprint density at radius 1 is 1.17 bits per heavy atom. The number of aromatic nitrogens is 1. The highest BCUT2D eigenvalue weighted by atomic mass is 32.2. The molecule has 1 aliphatic rings. The molecular weight excluding hydrogens is 396 g/mol. The predicted molar refractivity (Wildman–Crippen MR) is 107 cm³/mol. The molecule has 1 aliphatic heterocycles. The SMILES string of the molecule is COC(=O)c1c(C)[nH]c(C(=O)C(C)OC(=O)c2ccc3c(c2)NC(=O)CS3)c1C. The number of nitrogens with one attached hydrogen (secondary N) is 2. The van der Waals surface area contributed by atoms with Crippen molar-refractivity contribution >= 4 is 41.1 Å². The molecule has 0 saturated carbocycles. The zero-order valence-electron chi connectivity index (χ0n) is 16.4. The van der Waals surface area contributed by atoms with Gasteiger partial charge in [0, 0.05) is 10.6 Å². The van der Waals surface area contributed by atoms with E-state index in [1.165, 1.54) is 31.9 Å². The first-order valence-corrected chi connectivity index (χ1v) is 9.80.